The van der Waals surface area contributed by atoms with Crippen molar-refractivity contribution in [1.82, 2.24) is 15.6 Å². The highest BCUT2D eigenvalue weighted by molar-refractivity contribution is 5.96. The Labute approximate surface area is 200 Å². The summed E-state index contributed by atoms with van der Waals surface area (Å²) in [7, 11) is 0. The van der Waals surface area contributed by atoms with Crippen molar-refractivity contribution in [3.8, 4) is 11.8 Å². The van der Waals surface area contributed by atoms with Crippen molar-refractivity contribution in [1.29, 1.82) is 0 Å². The van der Waals surface area contributed by atoms with Crippen molar-refractivity contribution >= 4 is 5.91 Å². The van der Waals surface area contributed by atoms with E-state index in [0.717, 1.165) is 18.4 Å². The molecule has 0 aliphatic heterocycles. The number of amides is 1. The fraction of sp³-hybridized carbons (Fsp3) is 0.333. The molecule has 1 atom stereocenters. The predicted molar refractivity (Wildman–Crippen MR) is 130 cm³/mol. The summed E-state index contributed by atoms with van der Waals surface area (Å²) in [6, 6.07) is 21.8. The maximum atomic E-state index is 12.7. The van der Waals surface area contributed by atoms with E-state index >= 15 is 0 Å². The highest BCUT2D eigenvalue weighted by Crippen LogP contribution is 2.22. The van der Waals surface area contributed by atoms with Gasteiger partial charge in [0.15, 0.2) is 0 Å². The number of rotatable bonds is 11. The second kappa shape index (κ2) is 11.6. The zero-order chi connectivity index (χ0) is 23.8. The summed E-state index contributed by atoms with van der Waals surface area (Å²) >= 11 is 0. The van der Waals surface area contributed by atoms with Crippen LogP contribution in [0, 0.1) is 0 Å². The third kappa shape index (κ3) is 6.34. The molecular formula is C27H31N3O4. The van der Waals surface area contributed by atoms with Gasteiger partial charge in [0.05, 0.1) is 12.7 Å². The summed E-state index contributed by atoms with van der Waals surface area (Å²) in [6.07, 6.45) is 1.21. The van der Waals surface area contributed by atoms with Gasteiger partial charge < -0.3 is 25.2 Å². The smallest absolute Gasteiger partial charge is 0.256 e. The molecule has 0 fully saturated rings. The number of carbonyl (C=O) groups excluding carboxylic acids is 1. The monoisotopic (exact) mass is 461 g/mol. The molecule has 0 saturated heterocycles. The molecule has 7 heteroatoms. The van der Waals surface area contributed by atoms with Crippen LogP contribution in [0.4, 0.5) is 0 Å². The van der Waals surface area contributed by atoms with Crippen molar-refractivity contribution in [2.24, 2.45) is 0 Å². The average molecular weight is 462 g/mol. The van der Waals surface area contributed by atoms with Crippen molar-refractivity contribution in [2.45, 2.75) is 38.5 Å². The minimum atomic E-state index is -0.704. The second-order valence-corrected chi connectivity index (χ2v) is 8.36. The number of nitrogens with one attached hydrogen (secondary N) is 2. The summed E-state index contributed by atoms with van der Waals surface area (Å²) in [5.74, 6) is 0.241. The number of hydrogen-bond donors (Lipinski definition) is 3. The minimum absolute atomic E-state index is 0.128. The Bertz CT molecular complexity index is 1070. The van der Waals surface area contributed by atoms with Crippen LogP contribution in [-0.2, 0) is 19.4 Å². The number of hydrogen-bond acceptors (Lipinski definition) is 6. The molecule has 1 aromatic heterocycles. The highest BCUT2D eigenvalue weighted by Gasteiger charge is 2.22. The van der Waals surface area contributed by atoms with Gasteiger partial charge in [0.2, 0.25) is 11.8 Å². The van der Waals surface area contributed by atoms with Gasteiger partial charge in [0, 0.05) is 25.2 Å². The number of aromatic nitrogens is 1. The Morgan fingerprint density at radius 2 is 1.71 bits per heavy atom. The first kappa shape index (κ1) is 23.7. The lowest BCUT2D eigenvalue weighted by Gasteiger charge is -2.17. The van der Waals surface area contributed by atoms with Crippen LogP contribution in [0.2, 0.25) is 0 Å². The van der Waals surface area contributed by atoms with E-state index in [2.05, 4.69) is 39.9 Å². The van der Waals surface area contributed by atoms with E-state index in [1.807, 2.05) is 37.3 Å². The molecule has 7 nitrogen and oxygen atoms in total. The topological polar surface area (TPSA) is 92.7 Å². The van der Waals surface area contributed by atoms with Gasteiger partial charge in [-0.15, -0.1) is 0 Å². The number of carbonyl (C=O) groups is 1. The number of benzene rings is 2. The number of pyridine rings is 1. The fourth-order valence-electron chi connectivity index (χ4n) is 4.04. The van der Waals surface area contributed by atoms with Crippen molar-refractivity contribution in [3.63, 3.8) is 0 Å². The molecule has 1 heterocycles. The van der Waals surface area contributed by atoms with Crippen LogP contribution in [-0.4, -0.2) is 47.8 Å². The second-order valence-electron chi connectivity index (χ2n) is 8.36. The Balaban J connectivity index is 1.26. The van der Waals surface area contributed by atoms with Gasteiger partial charge in [-0.25, -0.2) is 0 Å². The lowest BCUT2D eigenvalue weighted by molar-refractivity contribution is 0.0909. The Morgan fingerprint density at radius 3 is 2.41 bits per heavy atom. The standard InChI is InChI=1S/C27H31N3O4/c1-2-33-27-24(12-13-25(30-27)34-18-19-8-4-3-5-9-19)26(32)29-17-23(31)16-28-22-14-20-10-6-7-11-21(20)15-22/h3-13,22-23,28,31H,2,14-18H2,1H3,(H,29,32). The van der Waals surface area contributed by atoms with Crippen LogP contribution in [0.15, 0.2) is 66.7 Å². The molecule has 3 N–H and O–H groups in total. The van der Waals surface area contributed by atoms with Gasteiger partial charge in [-0.1, -0.05) is 54.6 Å². The molecule has 0 radical (unpaired) electrons. The van der Waals surface area contributed by atoms with Gasteiger partial charge in [0.1, 0.15) is 12.2 Å². The van der Waals surface area contributed by atoms with E-state index in [1.54, 1.807) is 12.1 Å². The van der Waals surface area contributed by atoms with Crippen LogP contribution >= 0.6 is 0 Å². The minimum Gasteiger partial charge on any atom is -0.477 e. The van der Waals surface area contributed by atoms with E-state index < -0.39 is 6.10 Å². The zero-order valence-electron chi connectivity index (χ0n) is 19.4. The molecule has 0 spiro atoms. The van der Waals surface area contributed by atoms with Crippen LogP contribution in [0.1, 0.15) is 34.0 Å². The van der Waals surface area contributed by atoms with Gasteiger partial charge in [0.25, 0.3) is 5.91 Å². The van der Waals surface area contributed by atoms with Crippen LogP contribution in [0.25, 0.3) is 0 Å². The summed E-state index contributed by atoms with van der Waals surface area (Å²) in [4.78, 5) is 17.1. The molecule has 0 saturated carbocycles. The third-order valence-corrected chi connectivity index (χ3v) is 5.78. The molecule has 1 aliphatic carbocycles. The van der Waals surface area contributed by atoms with Gasteiger partial charge in [-0.2, -0.15) is 4.98 Å². The number of nitrogens with zero attached hydrogens (tertiary/aromatic N) is 1. The first-order chi connectivity index (χ1) is 16.6. The SMILES string of the molecule is CCOc1nc(OCc2ccccc2)ccc1C(=O)NCC(O)CNC1Cc2ccccc2C1. The van der Waals surface area contributed by atoms with Gasteiger partial charge in [-0.3, -0.25) is 4.79 Å². The lowest BCUT2D eigenvalue weighted by atomic mass is 10.1. The van der Waals surface area contributed by atoms with Gasteiger partial charge >= 0.3 is 0 Å². The maximum Gasteiger partial charge on any atom is 0.256 e. The van der Waals surface area contributed by atoms with Crippen LogP contribution in [0.5, 0.6) is 11.8 Å². The number of aliphatic hydroxyl groups excluding tert-OH is 1. The van der Waals surface area contributed by atoms with Crippen LogP contribution in [0.3, 0.4) is 0 Å². The summed E-state index contributed by atoms with van der Waals surface area (Å²) in [5.41, 5.74) is 4.04. The first-order valence-electron chi connectivity index (χ1n) is 11.7. The summed E-state index contributed by atoms with van der Waals surface area (Å²) < 4.78 is 11.3. The normalized spacial score (nSPS) is 13.8. The summed E-state index contributed by atoms with van der Waals surface area (Å²) in [6.45, 7) is 3.10. The van der Waals surface area contributed by atoms with E-state index in [1.165, 1.54) is 11.1 Å². The number of fused-ring (bicyclic) bond motifs is 1. The predicted octanol–water partition coefficient (Wildman–Crippen LogP) is 2.91. The Hall–Kier alpha value is -3.42. The van der Waals surface area contributed by atoms with Crippen molar-refractivity contribution in [3.05, 3.63) is 89.0 Å². The van der Waals surface area contributed by atoms with Gasteiger partial charge in [-0.05, 0) is 42.5 Å². The zero-order valence-corrected chi connectivity index (χ0v) is 19.4. The number of ether oxygens (including phenoxy) is 2. The molecular weight excluding hydrogens is 430 g/mol. The lowest BCUT2D eigenvalue weighted by Crippen LogP contribution is -2.41. The van der Waals surface area contributed by atoms with E-state index in [-0.39, 0.29) is 18.3 Å². The molecule has 178 valence electrons. The molecule has 4 rings (SSSR count). The van der Waals surface area contributed by atoms with E-state index in [0.29, 0.717) is 37.2 Å². The first-order valence-corrected chi connectivity index (χ1v) is 11.7. The van der Waals surface area contributed by atoms with Crippen LogP contribution < -0.4 is 20.1 Å². The van der Waals surface area contributed by atoms with E-state index in [9.17, 15) is 9.90 Å². The molecule has 2 aromatic carbocycles. The summed E-state index contributed by atoms with van der Waals surface area (Å²) in [5, 5.41) is 16.6. The third-order valence-electron chi connectivity index (χ3n) is 5.78. The number of aliphatic hydroxyl groups is 1. The molecule has 1 amide bonds. The average Bonchev–Trinajstić information content (AvgIpc) is 3.29. The molecule has 1 unspecified atom stereocenters. The Kier molecular flexibility index (Phi) is 8.12. The quantitative estimate of drug-likeness (QED) is 0.407. The molecule has 1 aliphatic rings. The highest BCUT2D eigenvalue weighted by atomic mass is 16.5. The van der Waals surface area contributed by atoms with E-state index in [4.69, 9.17) is 9.47 Å². The fourth-order valence-corrected chi connectivity index (χ4v) is 4.04. The Morgan fingerprint density at radius 1 is 1.00 bits per heavy atom. The van der Waals surface area contributed by atoms with Crippen molar-refractivity contribution < 1.29 is 19.4 Å². The molecule has 34 heavy (non-hydrogen) atoms. The molecule has 3 aromatic rings. The molecule has 0 bridgehead atoms. The van der Waals surface area contributed by atoms with Crippen molar-refractivity contribution in [2.75, 3.05) is 19.7 Å². The maximum absolute atomic E-state index is 12.7. The largest absolute Gasteiger partial charge is 0.477 e.